The van der Waals surface area contributed by atoms with Crippen LogP contribution in [0, 0.1) is 0 Å². The predicted molar refractivity (Wildman–Crippen MR) is 28.8 cm³/mol. The first-order valence-corrected chi connectivity index (χ1v) is 0. The van der Waals surface area contributed by atoms with Crippen LogP contribution < -0.4 is 0 Å². The fourth-order valence-electron chi connectivity index (χ4n) is 0. The first kappa shape index (κ1) is 94.0. The molecule has 0 aromatic carbocycles. The van der Waals surface area contributed by atoms with Crippen LogP contribution in [0.2, 0.25) is 0 Å². The largest absolute Gasteiger partial charge is 0 e. The molecule has 0 unspecified atom stereocenters. The monoisotopic (exact) mass is 887 g/mol. The molecule has 0 aromatic rings. The van der Waals surface area contributed by atoms with Gasteiger partial charge in [0.05, 0.1) is 0 Å². The molecule has 0 nitrogen and oxygen atoms in total. The summed E-state index contributed by atoms with van der Waals surface area (Å²) in [7, 11) is 0. The van der Waals surface area contributed by atoms with Crippen LogP contribution in [-0.4, -0.2) is 120 Å². The Labute approximate surface area is 243 Å². The first-order chi connectivity index (χ1) is 0. The van der Waals surface area contributed by atoms with Crippen molar-refractivity contribution in [2.75, 3.05) is 0 Å². The zero-order chi connectivity index (χ0) is 0. The maximum Gasteiger partial charge on any atom is 0 e. The Hall–Kier alpha value is 8.28. The first-order valence-electron chi connectivity index (χ1n) is 0. The Kier molecular flexibility index (Phi) is 680. The Bertz CT molecular complexity index is 10.9. The number of hydrogen-bond donors (Lipinski definition) is 0. The predicted octanol–water partition coefficient (Wildman–Crippen LogP) is -1.92. The van der Waals surface area contributed by atoms with E-state index in [4.69, 9.17) is 0 Å². The van der Waals surface area contributed by atoms with Crippen LogP contribution in [0.1, 0.15) is 0 Å². The molecule has 0 heterocycles. The van der Waals surface area contributed by atoms with Crippen LogP contribution in [-0.2, 0) is 130 Å². The molecule has 44 valence electrons. The fourth-order valence-corrected chi connectivity index (χ4v) is 0. The van der Waals surface area contributed by atoms with Crippen molar-refractivity contribution in [1.82, 2.24) is 0 Å². The maximum atomic E-state index is 0. The summed E-state index contributed by atoms with van der Waals surface area (Å²) in [5, 5.41) is 0. The maximum absolute atomic E-state index is 0. The van der Waals surface area contributed by atoms with E-state index < -0.39 is 0 Å². The van der Waals surface area contributed by atoms with Gasteiger partial charge in [0.2, 0.25) is 0 Å². The zero-order valence-corrected chi connectivity index (χ0v) is 29.1. The molecule has 0 saturated carbocycles. The van der Waals surface area contributed by atoms with Gasteiger partial charge in [-0.15, -0.1) is 0 Å². The van der Waals surface area contributed by atoms with Crippen molar-refractivity contribution >= 4 is 120 Å². The summed E-state index contributed by atoms with van der Waals surface area (Å²) in [4.78, 5) is 0. The molecule has 0 aliphatic rings. The van der Waals surface area contributed by atoms with Gasteiger partial charge in [0, 0.05) is 250 Å². The molecule has 0 aliphatic heterocycles. The molecule has 0 fully saturated rings. The van der Waals surface area contributed by atoms with Gasteiger partial charge in [-0.2, -0.15) is 0 Å². The molecule has 0 rings (SSSR count). The Morgan fingerprint density at radius 3 is 0.182 bits per heavy atom. The van der Waals surface area contributed by atoms with E-state index in [0.29, 0.717) is 0 Å². The molecule has 11 heavy (non-hydrogen) atoms. The normalized spacial score (nSPS) is 0. The van der Waals surface area contributed by atoms with E-state index in [1.165, 1.54) is 0 Å². The summed E-state index contributed by atoms with van der Waals surface area (Å²) in [5.41, 5.74) is 0. The van der Waals surface area contributed by atoms with E-state index in [9.17, 15) is 0 Å². The molecular weight excluding hydrogens is 881 g/mol. The Morgan fingerprint density at radius 1 is 0.182 bits per heavy atom. The third-order valence-electron chi connectivity index (χ3n) is 0. The van der Waals surface area contributed by atoms with Crippen LogP contribution in [0.3, 0.4) is 0 Å². The summed E-state index contributed by atoms with van der Waals surface area (Å²) < 4.78 is 0. The van der Waals surface area contributed by atoms with Gasteiger partial charge in [-0.25, -0.2) is 0 Å². The van der Waals surface area contributed by atoms with Gasteiger partial charge in [0.1, 0.15) is 0 Å². The van der Waals surface area contributed by atoms with E-state index in [2.05, 4.69) is 0 Å². The minimum atomic E-state index is 0. The van der Waals surface area contributed by atoms with Gasteiger partial charge < -0.3 is 0 Å². The average Bonchev–Trinajstić information content (AvgIpc) is 0. The summed E-state index contributed by atoms with van der Waals surface area (Å²) in [5.74, 6) is 0. The Morgan fingerprint density at radius 2 is 0.182 bits per heavy atom. The molecule has 11 heteroatoms. The molecular formula is Sn5Ti6. The summed E-state index contributed by atoms with van der Waals surface area (Å²) in [6.45, 7) is 0. The molecule has 0 N–H and O–H groups in total. The minimum Gasteiger partial charge on any atom is 0 e. The third-order valence-corrected chi connectivity index (χ3v) is 0. The molecule has 0 bridgehead atoms. The topological polar surface area (TPSA) is 0 Å². The van der Waals surface area contributed by atoms with Gasteiger partial charge in [0.15, 0.2) is 0 Å². The second kappa shape index (κ2) is 79.6. The summed E-state index contributed by atoms with van der Waals surface area (Å²) in [6, 6.07) is 0. The Balaban J connectivity index is 0. The fraction of sp³-hybridized carbons (Fsp3) is 0. The summed E-state index contributed by atoms with van der Waals surface area (Å²) in [6.07, 6.45) is 0. The molecule has 0 saturated heterocycles. The average molecular weight is 881 g/mol. The molecule has 0 spiro atoms. The van der Waals surface area contributed by atoms with Gasteiger partial charge in [-0.05, 0) is 0 Å². The molecule has 0 atom stereocenters. The van der Waals surface area contributed by atoms with Crippen LogP contribution in [0.25, 0.3) is 0 Å². The van der Waals surface area contributed by atoms with Gasteiger partial charge in [0.25, 0.3) is 0 Å². The smallest absolute Gasteiger partial charge is 0 e. The van der Waals surface area contributed by atoms with Crippen molar-refractivity contribution in [3.63, 3.8) is 0 Å². The standard InChI is InChI=1S/5Sn.6Ti. The van der Waals surface area contributed by atoms with Crippen LogP contribution in [0.5, 0.6) is 0 Å². The number of hydrogen-bond acceptors (Lipinski definition) is 0. The SMILES string of the molecule is [Sn].[Sn].[Sn].[Sn].[Sn].[Ti].[Ti].[Ti].[Ti].[Ti].[Ti]. The molecule has 20 radical (unpaired) electrons. The van der Waals surface area contributed by atoms with Crippen molar-refractivity contribution < 1.29 is 130 Å². The second-order valence-electron chi connectivity index (χ2n) is 0. The van der Waals surface area contributed by atoms with Gasteiger partial charge in [-0.1, -0.05) is 0 Å². The molecule has 0 aromatic heterocycles. The van der Waals surface area contributed by atoms with E-state index in [0.717, 1.165) is 0 Å². The summed E-state index contributed by atoms with van der Waals surface area (Å²) >= 11 is 0. The van der Waals surface area contributed by atoms with Gasteiger partial charge in [-0.3, -0.25) is 0 Å². The minimum absolute atomic E-state index is 0. The van der Waals surface area contributed by atoms with E-state index >= 15 is 0 Å². The zero-order valence-electron chi connectivity index (χ0n) is 5.50. The van der Waals surface area contributed by atoms with Crippen molar-refractivity contribution in [2.24, 2.45) is 0 Å². The quantitative estimate of drug-likeness (QED) is 0.250. The van der Waals surface area contributed by atoms with Crippen LogP contribution in [0.4, 0.5) is 0 Å². The van der Waals surface area contributed by atoms with E-state index in [-0.39, 0.29) is 250 Å². The van der Waals surface area contributed by atoms with E-state index in [1.54, 1.807) is 0 Å². The second-order valence-corrected chi connectivity index (χ2v) is 0. The van der Waals surface area contributed by atoms with Crippen molar-refractivity contribution in [3.8, 4) is 0 Å². The van der Waals surface area contributed by atoms with Crippen molar-refractivity contribution in [3.05, 3.63) is 0 Å². The van der Waals surface area contributed by atoms with Crippen molar-refractivity contribution in [1.29, 1.82) is 0 Å². The molecule has 0 aliphatic carbocycles. The van der Waals surface area contributed by atoms with Crippen LogP contribution >= 0.6 is 0 Å². The van der Waals surface area contributed by atoms with Crippen LogP contribution in [0.15, 0.2) is 0 Å². The molecule has 0 amide bonds. The van der Waals surface area contributed by atoms with E-state index in [1.807, 2.05) is 0 Å². The van der Waals surface area contributed by atoms with Crippen molar-refractivity contribution in [2.45, 2.75) is 0 Å². The number of rotatable bonds is 0. The third kappa shape index (κ3) is 70.7. The van der Waals surface area contributed by atoms with Gasteiger partial charge >= 0.3 is 0 Å².